The molecule has 1 aromatic heterocycles. The van der Waals surface area contributed by atoms with Gasteiger partial charge in [-0.05, 0) is 60.9 Å². The van der Waals surface area contributed by atoms with Gasteiger partial charge < -0.3 is 16.4 Å². The summed E-state index contributed by atoms with van der Waals surface area (Å²) in [5.74, 6) is -0.0921. The molecule has 0 aliphatic heterocycles. The van der Waals surface area contributed by atoms with Crippen molar-refractivity contribution in [3.63, 3.8) is 0 Å². The lowest BCUT2D eigenvalue weighted by molar-refractivity contribution is 0.617. The molecule has 0 bridgehead atoms. The van der Waals surface area contributed by atoms with Crippen LogP contribution >= 0.6 is 11.6 Å². The van der Waals surface area contributed by atoms with E-state index >= 15 is 0 Å². The second-order valence-electron chi connectivity index (χ2n) is 6.01. The molecule has 0 amide bonds. The molecule has 0 aliphatic carbocycles. The SMILES string of the molecule is Cc1cc(Nc2ncc(F)c(NCc3ccc(Cl)cc3C)n2)ccc1N. The van der Waals surface area contributed by atoms with Gasteiger partial charge in [0.2, 0.25) is 5.95 Å². The lowest BCUT2D eigenvalue weighted by Crippen LogP contribution is -2.07. The minimum absolute atomic E-state index is 0.129. The van der Waals surface area contributed by atoms with Gasteiger partial charge in [-0.3, -0.25) is 0 Å². The number of hydrogen-bond donors (Lipinski definition) is 3. The Morgan fingerprint density at radius 1 is 1.12 bits per heavy atom. The molecule has 3 aromatic rings. The van der Waals surface area contributed by atoms with Crippen molar-refractivity contribution in [2.75, 3.05) is 16.4 Å². The molecular weight excluding hydrogens is 353 g/mol. The van der Waals surface area contributed by atoms with E-state index in [9.17, 15) is 4.39 Å². The van der Waals surface area contributed by atoms with Gasteiger partial charge in [0, 0.05) is 22.9 Å². The Morgan fingerprint density at radius 3 is 2.65 bits per heavy atom. The van der Waals surface area contributed by atoms with E-state index in [-0.39, 0.29) is 5.82 Å². The molecule has 0 spiro atoms. The molecular formula is C19H19ClFN5. The number of anilines is 4. The first kappa shape index (κ1) is 17.9. The maximum absolute atomic E-state index is 14.0. The molecule has 0 radical (unpaired) electrons. The van der Waals surface area contributed by atoms with Crippen LogP contribution in [0.3, 0.4) is 0 Å². The monoisotopic (exact) mass is 371 g/mol. The van der Waals surface area contributed by atoms with E-state index in [1.165, 1.54) is 0 Å². The van der Waals surface area contributed by atoms with Crippen molar-refractivity contribution in [2.45, 2.75) is 20.4 Å². The number of nitrogens with zero attached hydrogens (tertiary/aromatic N) is 2. The predicted octanol–water partition coefficient (Wildman–Crippen LogP) is 4.82. The lowest BCUT2D eigenvalue weighted by atomic mass is 10.1. The number of aryl methyl sites for hydroxylation is 2. The third kappa shape index (κ3) is 4.21. The van der Waals surface area contributed by atoms with Crippen LogP contribution in [-0.2, 0) is 6.54 Å². The van der Waals surface area contributed by atoms with E-state index in [1.54, 1.807) is 12.1 Å². The summed E-state index contributed by atoms with van der Waals surface area (Å²) >= 11 is 5.96. The van der Waals surface area contributed by atoms with E-state index in [2.05, 4.69) is 20.6 Å². The van der Waals surface area contributed by atoms with Gasteiger partial charge in [-0.2, -0.15) is 4.98 Å². The number of aromatic nitrogens is 2. The topological polar surface area (TPSA) is 75.9 Å². The molecule has 0 aliphatic rings. The van der Waals surface area contributed by atoms with Crippen molar-refractivity contribution in [3.05, 3.63) is 70.1 Å². The zero-order valence-electron chi connectivity index (χ0n) is 14.5. The second-order valence-corrected chi connectivity index (χ2v) is 6.45. The van der Waals surface area contributed by atoms with Crippen LogP contribution in [0.1, 0.15) is 16.7 Å². The molecule has 26 heavy (non-hydrogen) atoms. The van der Waals surface area contributed by atoms with Crippen molar-refractivity contribution in [3.8, 4) is 0 Å². The van der Waals surface area contributed by atoms with Crippen LogP contribution in [0.25, 0.3) is 0 Å². The first-order chi connectivity index (χ1) is 12.4. The second kappa shape index (κ2) is 7.58. The Kier molecular flexibility index (Phi) is 5.23. The summed E-state index contributed by atoms with van der Waals surface area (Å²) in [4.78, 5) is 8.20. The van der Waals surface area contributed by atoms with Crippen LogP contribution in [0.4, 0.5) is 27.5 Å². The highest BCUT2D eigenvalue weighted by Crippen LogP contribution is 2.21. The minimum atomic E-state index is -0.518. The Labute approximate surface area is 156 Å². The summed E-state index contributed by atoms with van der Waals surface area (Å²) in [5.41, 5.74) is 10.3. The first-order valence-corrected chi connectivity index (χ1v) is 8.45. The van der Waals surface area contributed by atoms with Gasteiger partial charge in [0.1, 0.15) is 0 Å². The quantitative estimate of drug-likeness (QED) is 0.560. The average Bonchev–Trinajstić information content (AvgIpc) is 2.60. The first-order valence-electron chi connectivity index (χ1n) is 8.07. The third-order valence-electron chi connectivity index (χ3n) is 4.02. The fourth-order valence-corrected chi connectivity index (χ4v) is 2.70. The Balaban J connectivity index is 1.75. The highest BCUT2D eigenvalue weighted by molar-refractivity contribution is 6.30. The Morgan fingerprint density at radius 2 is 1.92 bits per heavy atom. The largest absolute Gasteiger partial charge is 0.399 e. The van der Waals surface area contributed by atoms with Gasteiger partial charge in [-0.15, -0.1) is 0 Å². The maximum atomic E-state index is 14.0. The predicted molar refractivity (Wildman–Crippen MR) is 104 cm³/mol. The van der Waals surface area contributed by atoms with Crippen LogP contribution in [0.2, 0.25) is 5.02 Å². The van der Waals surface area contributed by atoms with Gasteiger partial charge in [0.05, 0.1) is 6.20 Å². The molecule has 0 unspecified atom stereocenters. The standard InChI is InChI=1S/C19H19ClFN5/c1-11-7-14(20)4-3-13(11)9-23-18-16(21)10-24-19(26-18)25-15-5-6-17(22)12(2)8-15/h3-8,10H,9,22H2,1-2H3,(H2,23,24,25,26). The zero-order valence-corrected chi connectivity index (χ0v) is 15.2. The molecule has 0 fully saturated rings. The van der Waals surface area contributed by atoms with Crippen molar-refractivity contribution in [1.29, 1.82) is 0 Å². The van der Waals surface area contributed by atoms with Gasteiger partial charge in [-0.1, -0.05) is 17.7 Å². The van der Waals surface area contributed by atoms with E-state index in [0.717, 1.165) is 28.6 Å². The molecule has 2 aromatic carbocycles. The number of nitrogen functional groups attached to an aromatic ring is 1. The summed E-state index contributed by atoms with van der Waals surface area (Å²) in [6.45, 7) is 4.29. The fraction of sp³-hybridized carbons (Fsp3) is 0.158. The number of nitrogens with one attached hydrogen (secondary N) is 2. The molecule has 0 saturated carbocycles. The molecule has 3 rings (SSSR count). The number of rotatable bonds is 5. The van der Waals surface area contributed by atoms with Crippen LogP contribution in [0.15, 0.2) is 42.6 Å². The van der Waals surface area contributed by atoms with Crippen LogP contribution in [-0.4, -0.2) is 9.97 Å². The zero-order chi connectivity index (χ0) is 18.7. The van der Waals surface area contributed by atoms with Gasteiger partial charge >= 0.3 is 0 Å². The maximum Gasteiger partial charge on any atom is 0.229 e. The van der Waals surface area contributed by atoms with Gasteiger partial charge in [0.15, 0.2) is 11.6 Å². The molecule has 7 heteroatoms. The smallest absolute Gasteiger partial charge is 0.229 e. The Hall–Kier alpha value is -2.86. The van der Waals surface area contributed by atoms with Crippen LogP contribution < -0.4 is 16.4 Å². The highest BCUT2D eigenvalue weighted by Gasteiger charge is 2.08. The third-order valence-corrected chi connectivity index (χ3v) is 4.26. The lowest BCUT2D eigenvalue weighted by Gasteiger charge is -2.11. The fourth-order valence-electron chi connectivity index (χ4n) is 2.47. The van der Waals surface area contributed by atoms with Crippen molar-refractivity contribution in [1.82, 2.24) is 9.97 Å². The summed E-state index contributed by atoms with van der Waals surface area (Å²) in [5, 5.41) is 6.73. The number of nitrogens with two attached hydrogens (primary N) is 1. The van der Waals surface area contributed by atoms with Gasteiger partial charge in [0.25, 0.3) is 0 Å². The molecule has 134 valence electrons. The molecule has 5 nitrogen and oxygen atoms in total. The average molecular weight is 372 g/mol. The van der Waals surface area contributed by atoms with Crippen molar-refractivity contribution < 1.29 is 4.39 Å². The van der Waals surface area contributed by atoms with Crippen LogP contribution in [0, 0.1) is 19.7 Å². The molecule has 1 heterocycles. The van der Waals surface area contributed by atoms with E-state index in [4.69, 9.17) is 17.3 Å². The summed E-state index contributed by atoms with van der Waals surface area (Å²) in [7, 11) is 0. The normalized spacial score (nSPS) is 10.6. The summed E-state index contributed by atoms with van der Waals surface area (Å²) in [6.07, 6.45) is 1.14. The van der Waals surface area contributed by atoms with Crippen molar-refractivity contribution in [2.24, 2.45) is 0 Å². The van der Waals surface area contributed by atoms with Crippen LogP contribution in [0.5, 0.6) is 0 Å². The molecule has 4 N–H and O–H groups in total. The molecule has 0 saturated heterocycles. The Bertz CT molecular complexity index is 945. The number of benzene rings is 2. The number of hydrogen-bond acceptors (Lipinski definition) is 5. The summed E-state index contributed by atoms with van der Waals surface area (Å²) < 4.78 is 14.0. The van der Waals surface area contributed by atoms with E-state index < -0.39 is 5.82 Å². The van der Waals surface area contributed by atoms with E-state index in [0.29, 0.717) is 23.2 Å². The summed E-state index contributed by atoms with van der Waals surface area (Å²) in [6, 6.07) is 11.1. The minimum Gasteiger partial charge on any atom is -0.399 e. The van der Waals surface area contributed by atoms with Gasteiger partial charge in [-0.25, -0.2) is 9.37 Å². The highest BCUT2D eigenvalue weighted by atomic mass is 35.5. The molecule has 0 atom stereocenters. The van der Waals surface area contributed by atoms with E-state index in [1.807, 2.05) is 38.1 Å². The number of halogens is 2. The van der Waals surface area contributed by atoms with Crippen molar-refractivity contribution >= 4 is 34.7 Å².